The van der Waals surface area contributed by atoms with Crippen molar-refractivity contribution in [3.8, 4) is 11.5 Å². The van der Waals surface area contributed by atoms with E-state index in [1.54, 1.807) is 11.3 Å². The number of nitrogens with zero attached hydrogens (tertiary/aromatic N) is 1. The van der Waals surface area contributed by atoms with Gasteiger partial charge in [0, 0.05) is 18.1 Å². The second-order valence-electron chi connectivity index (χ2n) is 4.28. The van der Waals surface area contributed by atoms with Gasteiger partial charge in [0.2, 0.25) is 6.79 Å². The summed E-state index contributed by atoms with van der Waals surface area (Å²) in [7, 11) is 0. The van der Waals surface area contributed by atoms with Gasteiger partial charge in [0.15, 0.2) is 11.5 Å². The lowest BCUT2D eigenvalue weighted by atomic mass is 10.2. The van der Waals surface area contributed by atoms with Crippen molar-refractivity contribution in [3.05, 3.63) is 39.3 Å². The largest absolute Gasteiger partial charge is 0.454 e. The first-order chi connectivity index (χ1) is 9.24. The van der Waals surface area contributed by atoms with Gasteiger partial charge in [-0.3, -0.25) is 0 Å². The fourth-order valence-electron chi connectivity index (χ4n) is 1.93. The van der Waals surface area contributed by atoms with E-state index in [-0.39, 0.29) is 12.8 Å². The summed E-state index contributed by atoms with van der Waals surface area (Å²) in [5.74, 6) is 1.35. The zero-order valence-electron chi connectivity index (χ0n) is 10.4. The number of fused-ring (bicyclic) bond motifs is 1. The minimum atomic E-state index is 0.212. The molecule has 100 valence electrons. The molecule has 0 amide bonds. The van der Waals surface area contributed by atoms with Gasteiger partial charge in [0.25, 0.3) is 0 Å². The molecule has 2 aromatic rings. The third kappa shape index (κ3) is 2.68. The fraction of sp³-hybridized carbons (Fsp3) is 0.308. The number of rotatable bonds is 4. The van der Waals surface area contributed by atoms with Gasteiger partial charge in [0.05, 0.1) is 11.1 Å². The molecule has 1 unspecified atom stereocenters. The summed E-state index contributed by atoms with van der Waals surface area (Å²) in [6.07, 6.45) is 1.82. The zero-order valence-corrected chi connectivity index (χ0v) is 11.9. The Morgan fingerprint density at radius 1 is 1.47 bits per heavy atom. The van der Waals surface area contributed by atoms with Crippen molar-refractivity contribution in [1.82, 2.24) is 10.3 Å². The van der Waals surface area contributed by atoms with Crippen LogP contribution in [-0.2, 0) is 6.54 Å². The average molecular weight is 297 g/mol. The molecule has 0 saturated heterocycles. The molecule has 4 nitrogen and oxygen atoms in total. The molecule has 1 aliphatic rings. The maximum Gasteiger partial charge on any atom is 0.231 e. The third-order valence-corrected chi connectivity index (χ3v) is 4.16. The monoisotopic (exact) mass is 296 g/mol. The number of ether oxygens (including phenoxy) is 2. The Hall–Kier alpha value is -1.30. The van der Waals surface area contributed by atoms with Crippen molar-refractivity contribution in [1.29, 1.82) is 0 Å². The van der Waals surface area contributed by atoms with Crippen LogP contribution in [0.3, 0.4) is 0 Å². The Kier molecular flexibility index (Phi) is 3.59. The molecular formula is C13H13ClN2O2S. The zero-order chi connectivity index (χ0) is 13.2. The van der Waals surface area contributed by atoms with Crippen molar-refractivity contribution >= 4 is 22.9 Å². The summed E-state index contributed by atoms with van der Waals surface area (Å²) in [6.45, 7) is 3.03. The van der Waals surface area contributed by atoms with Crippen LogP contribution < -0.4 is 14.8 Å². The van der Waals surface area contributed by atoms with E-state index < -0.39 is 0 Å². The van der Waals surface area contributed by atoms with E-state index >= 15 is 0 Å². The van der Waals surface area contributed by atoms with E-state index in [4.69, 9.17) is 21.1 Å². The van der Waals surface area contributed by atoms with Crippen molar-refractivity contribution in [3.63, 3.8) is 0 Å². The maximum atomic E-state index is 6.15. The standard InChI is InChI=1S/C13H13ClN2O2S/c1-8(13-15-2-3-19-13)16-6-9-4-10(14)12-11(5-9)17-7-18-12/h2-5,8,16H,6-7H2,1H3. The predicted molar refractivity (Wildman–Crippen MR) is 74.9 cm³/mol. The quantitative estimate of drug-likeness (QED) is 0.939. The van der Waals surface area contributed by atoms with Crippen LogP contribution >= 0.6 is 22.9 Å². The Bertz CT molecular complexity index is 574. The van der Waals surface area contributed by atoms with Crippen molar-refractivity contribution < 1.29 is 9.47 Å². The molecule has 0 radical (unpaired) electrons. The number of aromatic nitrogens is 1. The lowest BCUT2D eigenvalue weighted by Gasteiger charge is -2.12. The number of benzene rings is 1. The Balaban J connectivity index is 1.69. The molecule has 2 heterocycles. The molecule has 1 N–H and O–H groups in total. The van der Waals surface area contributed by atoms with Gasteiger partial charge in [-0.1, -0.05) is 11.6 Å². The van der Waals surface area contributed by atoms with E-state index in [9.17, 15) is 0 Å². The Morgan fingerprint density at radius 3 is 3.16 bits per heavy atom. The summed E-state index contributed by atoms with van der Waals surface area (Å²) < 4.78 is 10.6. The number of hydrogen-bond donors (Lipinski definition) is 1. The van der Waals surface area contributed by atoms with Crippen LogP contribution in [0.25, 0.3) is 0 Å². The highest BCUT2D eigenvalue weighted by atomic mass is 35.5. The highest BCUT2D eigenvalue weighted by molar-refractivity contribution is 7.09. The summed E-state index contributed by atoms with van der Waals surface area (Å²) in [5.41, 5.74) is 1.07. The number of nitrogens with one attached hydrogen (secondary N) is 1. The SMILES string of the molecule is CC(NCc1cc(Cl)c2c(c1)OCO2)c1nccs1. The highest BCUT2D eigenvalue weighted by Crippen LogP contribution is 2.39. The smallest absolute Gasteiger partial charge is 0.231 e. The molecular weight excluding hydrogens is 284 g/mol. The Morgan fingerprint density at radius 2 is 2.37 bits per heavy atom. The van der Waals surface area contributed by atoms with Gasteiger partial charge < -0.3 is 14.8 Å². The molecule has 1 atom stereocenters. The topological polar surface area (TPSA) is 43.4 Å². The van der Waals surface area contributed by atoms with Crippen LogP contribution in [0.5, 0.6) is 11.5 Å². The predicted octanol–water partition coefficient (Wildman–Crippen LogP) is 3.38. The first kappa shape index (κ1) is 12.7. The second kappa shape index (κ2) is 5.36. The van der Waals surface area contributed by atoms with Gasteiger partial charge in [0.1, 0.15) is 5.01 Å². The van der Waals surface area contributed by atoms with E-state index in [0.29, 0.717) is 23.1 Å². The average Bonchev–Trinajstić information content (AvgIpc) is 3.06. The summed E-state index contributed by atoms with van der Waals surface area (Å²) in [5, 5.41) is 7.06. The van der Waals surface area contributed by atoms with Crippen molar-refractivity contribution in [2.45, 2.75) is 19.5 Å². The molecule has 6 heteroatoms. The van der Waals surface area contributed by atoms with Gasteiger partial charge in [-0.2, -0.15) is 0 Å². The first-order valence-corrected chi connectivity index (χ1v) is 7.20. The van der Waals surface area contributed by atoms with Gasteiger partial charge in [-0.15, -0.1) is 11.3 Å². The molecule has 1 aromatic carbocycles. The van der Waals surface area contributed by atoms with Gasteiger partial charge >= 0.3 is 0 Å². The van der Waals surface area contributed by atoms with Crippen LogP contribution in [0.1, 0.15) is 23.5 Å². The highest BCUT2D eigenvalue weighted by Gasteiger charge is 2.18. The molecule has 0 aliphatic carbocycles. The van der Waals surface area contributed by atoms with E-state index in [2.05, 4.69) is 17.2 Å². The van der Waals surface area contributed by atoms with E-state index in [0.717, 1.165) is 10.6 Å². The first-order valence-electron chi connectivity index (χ1n) is 5.95. The molecule has 1 aromatic heterocycles. The van der Waals surface area contributed by atoms with E-state index in [1.165, 1.54) is 0 Å². The molecule has 0 spiro atoms. The van der Waals surface area contributed by atoms with Crippen LogP contribution in [0.15, 0.2) is 23.7 Å². The third-order valence-electron chi connectivity index (χ3n) is 2.92. The summed E-state index contributed by atoms with van der Waals surface area (Å²) in [6, 6.07) is 4.07. The normalized spacial score (nSPS) is 14.6. The van der Waals surface area contributed by atoms with Crippen LogP contribution in [-0.4, -0.2) is 11.8 Å². The summed E-state index contributed by atoms with van der Waals surface area (Å²) in [4.78, 5) is 4.29. The van der Waals surface area contributed by atoms with E-state index in [1.807, 2.05) is 23.7 Å². The number of hydrogen-bond acceptors (Lipinski definition) is 5. The number of halogens is 1. The molecule has 0 fully saturated rings. The lowest BCUT2D eigenvalue weighted by molar-refractivity contribution is 0.174. The van der Waals surface area contributed by atoms with Crippen molar-refractivity contribution in [2.24, 2.45) is 0 Å². The van der Waals surface area contributed by atoms with Crippen LogP contribution in [0.4, 0.5) is 0 Å². The molecule has 3 rings (SSSR count). The second-order valence-corrected chi connectivity index (χ2v) is 5.62. The number of thiazole rings is 1. The van der Waals surface area contributed by atoms with Crippen LogP contribution in [0, 0.1) is 0 Å². The lowest BCUT2D eigenvalue weighted by Crippen LogP contribution is -2.17. The Labute approximate surface area is 120 Å². The maximum absolute atomic E-state index is 6.15. The molecule has 1 aliphatic heterocycles. The minimum absolute atomic E-state index is 0.212. The van der Waals surface area contributed by atoms with Crippen LogP contribution in [0.2, 0.25) is 5.02 Å². The molecule has 0 saturated carbocycles. The minimum Gasteiger partial charge on any atom is -0.454 e. The molecule has 19 heavy (non-hydrogen) atoms. The van der Waals surface area contributed by atoms with Gasteiger partial charge in [-0.25, -0.2) is 4.98 Å². The summed E-state index contributed by atoms with van der Waals surface area (Å²) >= 11 is 7.79. The molecule has 0 bridgehead atoms. The van der Waals surface area contributed by atoms with Crippen molar-refractivity contribution in [2.75, 3.05) is 6.79 Å². The van der Waals surface area contributed by atoms with Gasteiger partial charge in [-0.05, 0) is 24.6 Å². The fourth-order valence-corrected chi connectivity index (χ4v) is 2.89.